The molecular formula is C26H35FO5S3. The zero-order valence-corrected chi connectivity index (χ0v) is 23.4. The van der Waals surface area contributed by atoms with Gasteiger partial charge in [-0.15, -0.1) is 0 Å². The number of ketones is 2. The second-order valence-corrected chi connectivity index (χ2v) is 14.3. The van der Waals surface area contributed by atoms with Crippen molar-refractivity contribution in [3.8, 4) is 0 Å². The van der Waals surface area contributed by atoms with E-state index in [2.05, 4.69) is 0 Å². The fourth-order valence-corrected chi connectivity index (χ4v) is 9.35. The molecule has 8 atom stereocenters. The Morgan fingerprint density at radius 3 is 2.60 bits per heavy atom. The van der Waals surface area contributed by atoms with Gasteiger partial charge < -0.3 is 9.84 Å². The Labute approximate surface area is 219 Å². The maximum Gasteiger partial charge on any atom is 0.316 e. The number of alkyl halides is 1. The van der Waals surface area contributed by atoms with Gasteiger partial charge >= 0.3 is 5.97 Å². The lowest BCUT2D eigenvalue weighted by atomic mass is 9.44. The van der Waals surface area contributed by atoms with E-state index in [0.717, 1.165) is 5.57 Å². The fraction of sp³-hybridized carbons (Fsp3) is 0.731. The second-order valence-electron chi connectivity index (χ2n) is 10.9. The fourth-order valence-electron chi connectivity index (χ4n) is 7.95. The summed E-state index contributed by atoms with van der Waals surface area (Å²) in [7, 11) is 2.88. The van der Waals surface area contributed by atoms with E-state index < -0.39 is 40.1 Å². The summed E-state index contributed by atoms with van der Waals surface area (Å²) in [6, 6.07) is 0. The first-order chi connectivity index (χ1) is 16.4. The molecule has 5 nitrogen and oxygen atoms in total. The van der Waals surface area contributed by atoms with E-state index >= 15 is 4.39 Å². The lowest BCUT2D eigenvalue weighted by Gasteiger charge is -2.62. The number of aliphatic hydroxyl groups excluding tert-OH is 1. The molecule has 0 heterocycles. The number of hydrogen-bond donors (Lipinski definition) is 1. The predicted octanol–water partition coefficient (Wildman–Crippen LogP) is 4.83. The van der Waals surface area contributed by atoms with E-state index in [4.69, 9.17) is 4.74 Å². The molecule has 194 valence electrons. The normalized spacial score (nSPS) is 44.2. The van der Waals surface area contributed by atoms with Crippen LogP contribution in [0.15, 0.2) is 23.8 Å². The summed E-state index contributed by atoms with van der Waals surface area (Å²) < 4.78 is 23.5. The first kappa shape index (κ1) is 27.3. The molecule has 4 rings (SSSR count). The highest BCUT2D eigenvalue weighted by Gasteiger charge is 2.77. The van der Waals surface area contributed by atoms with Crippen LogP contribution in [-0.2, 0) is 19.1 Å². The molecule has 4 aliphatic rings. The Bertz CT molecular complexity index is 984. The average molecular weight is 543 g/mol. The Kier molecular flexibility index (Phi) is 7.41. The molecule has 0 spiro atoms. The third kappa shape index (κ3) is 3.73. The largest absolute Gasteiger partial charge is 0.449 e. The summed E-state index contributed by atoms with van der Waals surface area (Å²) in [6.07, 6.45) is 8.48. The SMILES string of the molecule is CSCC(=O)O[C@]1(C(=O)CSSC)[C@@H](C)C[C@H]2[C@@H]3CCC4=CC(=O)C=C[C@]4(C)[C@@]3(F)[C@@H](O)C[C@@]21C. The molecule has 0 unspecified atom stereocenters. The van der Waals surface area contributed by atoms with Crippen LogP contribution in [0, 0.1) is 28.6 Å². The van der Waals surface area contributed by atoms with Gasteiger partial charge in [-0.1, -0.05) is 47.1 Å². The van der Waals surface area contributed by atoms with Crippen LogP contribution in [0.1, 0.15) is 46.5 Å². The Morgan fingerprint density at radius 2 is 1.94 bits per heavy atom. The molecule has 4 aliphatic carbocycles. The summed E-state index contributed by atoms with van der Waals surface area (Å²) >= 11 is 1.34. The summed E-state index contributed by atoms with van der Waals surface area (Å²) in [5, 5.41) is 11.6. The van der Waals surface area contributed by atoms with Crippen LogP contribution in [0.4, 0.5) is 4.39 Å². The second kappa shape index (κ2) is 9.52. The van der Waals surface area contributed by atoms with E-state index in [1.165, 1.54) is 45.5 Å². The molecule has 0 aromatic rings. The van der Waals surface area contributed by atoms with Crippen LogP contribution >= 0.6 is 33.3 Å². The molecule has 0 amide bonds. The van der Waals surface area contributed by atoms with E-state index in [-0.39, 0.29) is 41.3 Å². The van der Waals surface area contributed by atoms with Gasteiger partial charge in [0, 0.05) is 22.7 Å². The Balaban J connectivity index is 1.81. The standard InChI is InChI=1S/C26H35FO5S3/c1-15-10-19-18-7-6-16-11-17(28)8-9-23(16,2)25(18,27)20(29)12-24(19,3)26(15,21(30)13-35-34-5)32-22(31)14-33-4/h8-9,11,15,18-20,29H,6-7,10,12-14H2,1-5H3/t15-,18-,19-,20-,23-,24-,25-,26-/m0/s1. The highest BCUT2D eigenvalue weighted by molar-refractivity contribution is 8.76. The van der Waals surface area contributed by atoms with Crippen LogP contribution in [0.2, 0.25) is 0 Å². The molecule has 0 radical (unpaired) electrons. The minimum atomic E-state index is -1.98. The number of hydrogen-bond acceptors (Lipinski definition) is 8. The molecule has 0 aliphatic heterocycles. The van der Waals surface area contributed by atoms with E-state index in [1.54, 1.807) is 19.3 Å². The first-order valence-corrected chi connectivity index (χ1v) is 16.2. The first-order valence-electron chi connectivity index (χ1n) is 12.1. The number of carbonyl (C=O) groups is 3. The van der Waals surface area contributed by atoms with Gasteiger partial charge in [-0.05, 0) is 63.2 Å². The number of rotatable bonds is 7. The number of fused-ring (bicyclic) bond motifs is 5. The minimum absolute atomic E-state index is 0.0158. The van der Waals surface area contributed by atoms with Crippen molar-refractivity contribution in [1.29, 1.82) is 0 Å². The highest BCUT2D eigenvalue weighted by Crippen LogP contribution is 2.71. The van der Waals surface area contributed by atoms with Gasteiger partial charge in [0.2, 0.25) is 0 Å². The van der Waals surface area contributed by atoms with Crippen LogP contribution in [0.3, 0.4) is 0 Å². The minimum Gasteiger partial charge on any atom is -0.449 e. The molecule has 3 saturated carbocycles. The quantitative estimate of drug-likeness (QED) is 0.362. The van der Waals surface area contributed by atoms with Gasteiger partial charge in [0.25, 0.3) is 0 Å². The zero-order valence-electron chi connectivity index (χ0n) is 21.0. The molecule has 35 heavy (non-hydrogen) atoms. The van der Waals surface area contributed by atoms with Crippen molar-refractivity contribution in [2.45, 2.75) is 63.8 Å². The van der Waals surface area contributed by atoms with Crippen molar-refractivity contribution in [2.75, 3.05) is 24.0 Å². The molecule has 1 N–H and O–H groups in total. The van der Waals surface area contributed by atoms with E-state index in [1.807, 2.05) is 20.1 Å². The topological polar surface area (TPSA) is 80.7 Å². The number of carbonyl (C=O) groups excluding carboxylic acids is 3. The van der Waals surface area contributed by atoms with Gasteiger partial charge in [0.15, 0.2) is 22.8 Å². The van der Waals surface area contributed by atoms with Crippen LogP contribution in [0.25, 0.3) is 0 Å². The van der Waals surface area contributed by atoms with Crippen molar-refractivity contribution in [3.05, 3.63) is 23.8 Å². The molecule has 0 saturated heterocycles. The lowest BCUT2D eigenvalue weighted by molar-refractivity contribution is -0.226. The smallest absolute Gasteiger partial charge is 0.316 e. The number of aliphatic hydroxyl groups is 1. The van der Waals surface area contributed by atoms with E-state index in [0.29, 0.717) is 19.3 Å². The van der Waals surface area contributed by atoms with Crippen molar-refractivity contribution in [1.82, 2.24) is 0 Å². The summed E-state index contributed by atoms with van der Waals surface area (Å²) in [4.78, 5) is 38.8. The maximum absolute atomic E-state index is 17.4. The van der Waals surface area contributed by atoms with Crippen molar-refractivity contribution >= 4 is 50.9 Å². The molecule has 9 heteroatoms. The number of halogens is 1. The van der Waals surface area contributed by atoms with Gasteiger partial charge in [0.05, 0.1) is 17.6 Å². The van der Waals surface area contributed by atoms with Crippen LogP contribution in [-0.4, -0.2) is 64.0 Å². The van der Waals surface area contributed by atoms with Crippen molar-refractivity contribution < 1.29 is 28.6 Å². The van der Waals surface area contributed by atoms with Gasteiger partial charge in [-0.25, -0.2) is 4.39 Å². The predicted molar refractivity (Wildman–Crippen MR) is 141 cm³/mol. The summed E-state index contributed by atoms with van der Waals surface area (Å²) in [5.41, 5.74) is -4.66. The molecule has 0 aromatic carbocycles. The number of esters is 1. The third-order valence-corrected chi connectivity index (χ3v) is 11.6. The third-order valence-electron chi connectivity index (χ3n) is 9.44. The number of ether oxygens (including phenoxy) is 1. The van der Waals surface area contributed by atoms with Crippen molar-refractivity contribution in [2.24, 2.45) is 28.6 Å². The Morgan fingerprint density at radius 1 is 1.23 bits per heavy atom. The molecule has 0 bridgehead atoms. The average Bonchev–Trinajstić information content (AvgIpc) is 3.01. The van der Waals surface area contributed by atoms with Crippen LogP contribution < -0.4 is 0 Å². The van der Waals surface area contributed by atoms with Crippen LogP contribution in [0.5, 0.6) is 0 Å². The monoisotopic (exact) mass is 542 g/mol. The number of allylic oxidation sites excluding steroid dienone is 4. The van der Waals surface area contributed by atoms with Gasteiger partial charge in [-0.2, -0.15) is 11.8 Å². The van der Waals surface area contributed by atoms with E-state index in [9.17, 15) is 19.5 Å². The van der Waals surface area contributed by atoms with Gasteiger partial charge in [0.1, 0.15) is 0 Å². The molecule has 3 fully saturated rings. The lowest BCUT2D eigenvalue weighted by Crippen LogP contribution is -2.70. The number of thioether (sulfide) groups is 1. The summed E-state index contributed by atoms with van der Waals surface area (Å²) in [5.74, 6) is -1.54. The highest BCUT2D eigenvalue weighted by atomic mass is 33.1. The molecule has 0 aromatic heterocycles. The zero-order chi connectivity index (χ0) is 25.8. The van der Waals surface area contributed by atoms with Gasteiger partial charge in [-0.3, -0.25) is 14.4 Å². The molecular weight excluding hydrogens is 507 g/mol. The number of Topliss-reactive ketones (excluding diaryl/α,β-unsaturated/α-hetero) is 1. The Hall–Kier alpha value is -0.770. The maximum atomic E-state index is 17.4. The summed E-state index contributed by atoms with van der Waals surface area (Å²) in [6.45, 7) is 5.63. The van der Waals surface area contributed by atoms with Crippen molar-refractivity contribution in [3.63, 3.8) is 0 Å².